The Bertz CT molecular complexity index is 406. The summed E-state index contributed by atoms with van der Waals surface area (Å²) in [5.74, 6) is 0. The Balaban J connectivity index is 2.70. The zero-order valence-electron chi connectivity index (χ0n) is 7.17. The molecule has 0 radical (unpaired) electrons. The smallest absolute Gasteiger partial charge is 0.0357 e. The van der Waals surface area contributed by atoms with Crippen LogP contribution < -0.4 is 0 Å². The standard InChI is InChI=1S/C10H9IS2/c1-2-7-3-6-4-8(11)9(12)5-10(6)13-7/h3-5,12H,2H2,1H3. The Hall–Kier alpha value is 0.260. The molecule has 2 aromatic rings. The highest BCUT2D eigenvalue weighted by molar-refractivity contribution is 14.1. The molecule has 1 aromatic heterocycles. The van der Waals surface area contributed by atoms with E-state index in [1.807, 2.05) is 11.3 Å². The predicted octanol–water partition coefficient (Wildman–Crippen LogP) is 4.36. The molecule has 0 amide bonds. The van der Waals surface area contributed by atoms with Gasteiger partial charge in [0, 0.05) is 18.0 Å². The fraction of sp³-hybridized carbons (Fsp3) is 0.200. The van der Waals surface area contributed by atoms with Crippen molar-refractivity contribution < 1.29 is 0 Å². The van der Waals surface area contributed by atoms with Crippen molar-refractivity contribution in [2.45, 2.75) is 18.2 Å². The van der Waals surface area contributed by atoms with Crippen LogP contribution in [0.4, 0.5) is 0 Å². The van der Waals surface area contributed by atoms with E-state index in [4.69, 9.17) is 0 Å². The lowest BCUT2D eigenvalue weighted by Crippen LogP contribution is -1.72. The van der Waals surface area contributed by atoms with Crippen LogP contribution in [-0.4, -0.2) is 0 Å². The second kappa shape index (κ2) is 3.79. The molecule has 3 heteroatoms. The second-order valence-corrected chi connectivity index (χ2v) is 5.72. The molecule has 68 valence electrons. The molecule has 0 saturated carbocycles. The molecular weight excluding hydrogens is 311 g/mol. The van der Waals surface area contributed by atoms with Crippen molar-refractivity contribution >= 4 is 56.6 Å². The molecule has 0 fully saturated rings. The topological polar surface area (TPSA) is 0 Å². The number of rotatable bonds is 1. The number of fused-ring (bicyclic) bond motifs is 1. The minimum absolute atomic E-state index is 1.08. The zero-order chi connectivity index (χ0) is 9.42. The Morgan fingerprint density at radius 2 is 2.15 bits per heavy atom. The average molecular weight is 320 g/mol. The molecule has 2 rings (SSSR count). The summed E-state index contributed by atoms with van der Waals surface area (Å²) < 4.78 is 2.58. The van der Waals surface area contributed by atoms with E-state index < -0.39 is 0 Å². The van der Waals surface area contributed by atoms with Crippen molar-refractivity contribution in [2.24, 2.45) is 0 Å². The number of hydrogen-bond donors (Lipinski definition) is 1. The average Bonchev–Trinajstić information content (AvgIpc) is 2.48. The monoisotopic (exact) mass is 320 g/mol. The highest BCUT2D eigenvalue weighted by Crippen LogP contribution is 2.30. The number of benzene rings is 1. The Kier molecular flexibility index (Phi) is 2.86. The van der Waals surface area contributed by atoms with Gasteiger partial charge in [0.05, 0.1) is 0 Å². The first-order valence-electron chi connectivity index (χ1n) is 4.11. The summed E-state index contributed by atoms with van der Waals surface area (Å²) in [5.41, 5.74) is 0. The quantitative estimate of drug-likeness (QED) is 0.586. The van der Waals surface area contributed by atoms with Gasteiger partial charge < -0.3 is 0 Å². The van der Waals surface area contributed by atoms with Crippen LogP contribution in [-0.2, 0) is 6.42 Å². The van der Waals surface area contributed by atoms with E-state index in [1.165, 1.54) is 18.5 Å². The lowest BCUT2D eigenvalue weighted by atomic mass is 10.2. The number of thiophene rings is 1. The predicted molar refractivity (Wildman–Crippen MR) is 71.2 cm³/mol. The van der Waals surface area contributed by atoms with Gasteiger partial charge in [0.15, 0.2) is 0 Å². The van der Waals surface area contributed by atoms with Gasteiger partial charge in [0.2, 0.25) is 0 Å². The minimum atomic E-state index is 1.08. The van der Waals surface area contributed by atoms with Gasteiger partial charge >= 0.3 is 0 Å². The summed E-state index contributed by atoms with van der Waals surface area (Å²) in [5, 5.41) is 1.35. The first kappa shape index (κ1) is 9.80. The zero-order valence-corrected chi connectivity index (χ0v) is 11.0. The third-order valence-electron chi connectivity index (χ3n) is 1.99. The van der Waals surface area contributed by atoms with Crippen molar-refractivity contribution in [1.82, 2.24) is 0 Å². The maximum absolute atomic E-state index is 4.41. The molecule has 0 saturated heterocycles. The van der Waals surface area contributed by atoms with Gasteiger partial charge in [-0.05, 0) is 52.6 Å². The first-order chi connectivity index (χ1) is 6.20. The maximum Gasteiger partial charge on any atom is 0.0357 e. The molecule has 0 atom stereocenters. The molecule has 0 nitrogen and oxygen atoms in total. The molecule has 0 spiro atoms. The van der Waals surface area contributed by atoms with Gasteiger partial charge in [-0.3, -0.25) is 0 Å². The van der Waals surface area contributed by atoms with Crippen LogP contribution in [0.3, 0.4) is 0 Å². The molecule has 13 heavy (non-hydrogen) atoms. The third kappa shape index (κ3) is 1.87. The van der Waals surface area contributed by atoms with Gasteiger partial charge in [-0.2, -0.15) is 0 Å². The van der Waals surface area contributed by atoms with E-state index in [0.29, 0.717) is 0 Å². The van der Waals surface area contributed by atoms with Crippen molar-refractivity contribution in [3.05, 3.63) is 26.6 Å². The van der Waals surface area contributed by atoms with E-state index in [2.05, 4.69) is 60.3 Å². The number of aryl methyl sites for hydroxylation is 1. The van der Waals surface area contributed by atoms with Crippen molar-refractivity contribution in [1.29, 1.82) is 0 Å². The van der Waals surface area contributed by atoms with E-state index >= 15 is 0 Å². The molecule has 1 heterocycles. The van der Waals surface area contributed by atoms with Crippen LogP contribution in [0.15, 0.2) is 23.1 Å². The van der Waals surface area contributed by atoms with Crippen molar-refractivity contribution in [3.8, 4) is 0 Å². The summed E-state index contributed by atoms with van der Waals surface area (Å²) in [4.78, 5) is 2.53. The molecule has 0 bridgehead atoms. The number of halogens is 1. The van der Waals surface area contributed by atoms with Gasteiger partial charge in [-0.15, -0.1) is 24.0 Å². The highest BCUT2D eigenvalue weighted by atomic mass is 127. The van der Waals surface area contributed by atoms with E-state index in [-0.39, 0.29) is 0 Å². The van der Waals surface area contributed by atoms with E-state index in [1.54, 1.807) is 0 Å². The van der Waals surface area contributed by atoms with E-state index in [0.717, 1.165) is 11.3 Å². The van der Waals surface area contributed by atoms with Crippen LogP contribution in [0, 0.1) is 3.57 Å². The van der Waals surface area contributed by atoms with Crippen LogP contribution in [0.5, 0.6) is 0 Å². The van der Waals surface area contributed by atoms with Gasteiger partial charge in [-0.1, -0.05) is 6.92 Å². The summed E-state index contributed by atoms with van der Waals surface area (Å²) in [6.45, 7) is 2.19. The van der Waals surface area contributed by atoms with Gasteiger partial charge in [0.25, 0.3) is 0 Å². The molecule has 0 aliphatic heterocycles. The maximum atomic E-state index is 4.41. The molecular formula is C10H9IS2. The van der Waals surface area contributed by atoms with Crippen LogP contribution >= 0.6 is 46.6 Å². The van der Waals surface area contributed by atoms with Crippen molar-refractivity contribution in [3.63, 3.8) is 0 Å². The summed E-state index contributed by atoms with van der Waals surface area (Å²) in [6.07, 6.45) is 1.12. The SMILES string of the molecule is CCc1cc2cc(I)c(S)cc2s1. The van der Waals surface area contributed by atoms with Gasteiger partial charge in [-0.25, -0.2) is 0 Å². The van der Waals surface area contributed by atoms with Crippen LogP contribution in [0.1, 0.15) is 11.8 Å². The lowest BCUT2D eigenvalue weighted by molar-refractivity contribution is 1.19. The summed E-state index contributed by atoms with van der Waals surface area (Å²) in [6, 6.07) is 6.63. The molecule has 0 unspecified atom stereocenters. The van der Waals surface area contributed by atoms with E-state index in [9.17, 15) is 0 Å². The van der Waals surface area contributed by atoms with Crippen molar-refractivity contribution in [2.75, 3.05) is 0 Å². The summed E-state index contributed by atoms with van der Waals surface area (Å²) in [7, 11) is 0. The first-order valence-corrected chi connectivity index (χ1v) is 6.46. The highest BCUT2D eigenvalue weighted by Gasteiger charge is 2.03. The number of thiol groups is 1. The third-order valence-corrected chi connectivity index (χ3v) is 4.92. The fourth-order valence-electron chi connectivity index (χ4n) is 1.28. The van der Waals surface area contributed by atoms with Crippen LogP contribution in [0.2, 0.25) is 0 Å². The molecule has 0 aliphatic carbocycles. The molecule has 1 aromatic carbocycles. The fourth-order valence-corrected chi connectivity index (χ4v) is 3.07. The molecule has 0 aliphatic rings. The largest absolute Gasteiger partial charge is 0.142 e. The lowest BCUT2D eigenvalue weighted by Gasteiger charge is -1.95. The molecule has 0 N–H and O–H groups in total. The summed E-state index contributed by atoms with van der Waals surface area (Å²) >= 11 is 8.60. The Morgan fingerprint density at radius 1 is 1.38 bits per heavy atom. The second-order valence-electron chi connectivity index (χ2n) is 2.91. The normalized spacial score (nSPS) is 11.0. The number of hydrogen-bond acceptors (Lipinski definition) is 2. The minimum Gasteiger partial charge on any atom is -0.142 e. The van der Waals surface area contributed by atoms with Crippen LogP contribution in [0.25, 0.3) is 10.1 Å². The van der Waals surface area contributed by atoms with Gasteiger partial charge in [0.1, 0.15) is 0 Å². The Labute approximate surface area is 101 Å². The Morgan fingerprint density at radius 3 is 2.85 bits per heavy atom.